The second-order valence-corrected chi connectivity index (χ2v) is 7.47. The Bertz CT molecular complexity index is 669. The van der Waals surface area contributed by atoms with Crippen molar-refractivity contribution in [1.29, 1.82) is 0 Å². The number of sulfone groups is 1. The molecule has 0 saturated heterocycles. The van der Waals surface area contributed by atoms with E-state index >= 15 is 0 Å². The van der Waals surface area contributed by atoms with Gasteiger partial charge < -0.3 is 10.4 Å². The van der Waals surface area contributed by atoms with Crippen molar-refractivity contribution < 1.29 is 23.1 Å². The first-order chi connectivity index (χ1) is 9.57. The Hall–Kier alpha value is -1.60. The Morgan fingerprint density at radius 3 is 2.29 bits per heavy atom. The number of rotatable bonds is 5. The van der Waals surface area contributed by atoms with E-state index in [1.807, 2.05) is 0 Å². The van der Waals surface area contributed by atoms with Crippen LogP contribution in [0.3, 0.4) is 0 Å². The van der Waals surface area contributed by atoms with Crippen LogP contribution in [0, 0.1) is 0 Å². The van der Waals surface area contributed by atoms with E-state index in [1.165, 1.54) is 19.1 Å². The molecule has 0 bridgehead atoms. The first-order valence-electron chi connectivity index (χ1n) is 6.14. The Morgan fingerprint density at radius 1 is 1.24 bits per heavy atom. The van der Waals surface area contributed by atoms with Crippen LogP contribution in [0.15, 0.2) is 23.1 Å². The standard InChI is InChI=1S/C13H16ClNO5S/c1-7(2)15-12(16)8(3)21(19,20)9-4-5-11(14)10(6-9)13(17)18/h4-8H,1-3H3,(H,15,16)(H,17,18). The van der Waals surface area contributed by atoms with Crippen molar-refractivity contribution in [1.82, 2.24) is 5.32 Å². The SMILES string of the molecule is CC(C)NC(=O)C(C)S(=O)(=O)c1ccc(Cl)c(C(=O)O)c1. The molecule has 0 aromatic heterocycles. The molecule has 1 amide bonds. The molecule has 0 saturated carbocycles. The number of hydrogen-bond acceptors (Lipinski definition) is 4. The van der Waals surface area contributed by atoms with Gasteiger partial charge in [-0.25, -0.2) is 13.2 Å². The van der Waals surface area contributed by atoms with Gasteiger partial charge in [-0.1, -0.05) is 11.6 Å². The molecular formula is C13H16ClNO5S. The van der Waals surface area contributed by atoms with Gasteiger partial charge in [0.1, 0.15) is 5.25 Å². The van der Waals surface area contributed by atoms with Crippen molar-refractivity contribution >= 4 is 33.3 Å². The van der Waals surface area contributed by atoms with Crippen molar-refractivity contribution in [3.63, 3.8) is 0 Å². The van der Waals surface area contributed by atoms with E-state index in [2.05, 4.69) is 5.32 Å². The lowest BCUT2D eigenvalue weighted by atomic mass is 10.2. The summed E-state index contributed by atoms with van der Waals surface area (Å²) in [7, 11) is -3.99. The second-order valence-electron chi connectivity index (χ2n) is 4.80. The zero-order valence-electron chi connectivity index (χ0n) is 11.8. The Morgan fingerprint density at radius 2 is 1.81 bits per heavy atom. The number of carbonyl (C=O) groups excluding carboxylic acids is 1. The maximum Gasteiger partial charge on any atom is 0.337 e. The summed E-state index contributed by atoms with van der Waals surface area (Å²) in [6.07, 6.45) is 0. The number of carboxylic acid groups (broad SMARTS) is 1. The summed E-state index contributed by atoms with van der Waals surface area (Å²) in [5.74, 6) is -1.98. The van der Waals surface area contributed by atoms with Crippen molar-refractivity contribution in [2.24, 2.45) is 0 Å². The summed E-state index contributed by atoms with van der Waals surface area (Å²) in [6.45, 7) is 4.67. The normalized spacial score (nSPS) is 13.0. The van der Waals surface area contributed by atoms with E-state index in [1.54, 1.807) is 13.8 Å². The van der Waals surface area contributed by atoms with Crippen LogP contribution in [-0.2, 0) is 14.6 Å². The van der Waals surface area contributed by atoms with Crippen LogP contribution in [-0.4, -0.2) is 36.7 Å². The van der Waals surface area contributed by atoms with Crippen LogP contribution in [0.25, 0.3) is 0 Å². The van der Waals surface area contributed by atoms with Gasteiger partial charge in [0.15, 0.2) is 9.84 Å². The minimum absolute atomic E-state index is 0.0688. The third kappa shape index (κ3) is 3.95. The van der Waals surface area contributed by atoms with Crippen LogP contribution in [0.2, 0.25) is 5.02 Å². The first kappa shape index (κ1) is 17.5. The van der Waals surface area contributed by atoms with Gasteiger partial charge in [-0.05, 0) is 39.0 Å². The summed E-state index contributed by atoms with van der Waals surface area (Å²) < 4.78 is 24.7. The predicted molar refractivity (Wildman–Crippen MR) is 78.3 cm³/mol. The van der Waals surface area contributed by atoms with Gasteiger partial charge in [-0.3, -0.25) is 4.79 Å². The van der Waals surface area contributed by atoms with Crippen LogP contribution < -0.4 is 5.32 Å². The average Bonchev–Trinajstić information content (AvgIpc) is 2.36. The molecule has 1 unspecified atom stereocenters. The lowest BCUT2D eigenvalue weighted by molar-refractivity contribution is -0.120. The first-order valence-corrected chi connectivity index (χ1v) is 8.07. The summed E-state index contributed by atoms with van der Waals surface area (Å²) in [4.78, 5) is 22.6. The van der Waals surface area contributed by atoms with Gasteiger partial charge in [0.25, 0.3) is 0 Å². The van der Waals surface area contributed by atoms with Gasteiger partial charge in [-0.15, -0.1) is 0 Å². The third-order valence-electron chi connectivity index (χ3n) is 2.76. The molecule has 21 heavy (non-hydrogen) atoms. The Kier molecular flexibility index (Phi) is 5.36. The van der Waals surface area contributed by atoms with E-state index in [4.69, 9.17) is 16.7 Å². The number of benzene rings is 1. The molecule has 6 nitrogen and oxygen atoms in total. The largest absolute Gasteiger partial charge is 0.478 e. The highest BCUT2D eigenvalue weighted by Gasteiger charge is 2.30. The zero-order chi connectivity index (χ0) is 16.4. The number of carbonyl (C=O) groups is 2. The summed E-state index contributed by atoms with van der Waals surface area (Å²) in [5, 5.41) is 10.1. The maximum atomic E-state index is 12.3. The quantitative estimate of drug-likeness (QED) is 0.854. The molecule has 0 radical (unpaired) electrons. The number of amides is 1. The molecule has 2 N–H and O–H groups in total. The van der Waals surface area contributed by atoms with E-state index in [0.29, 0.717) is 0 Å². The van der Waals surface area contributed by atoms with Crippen molar-refractivity contribution in [2.75, 3.05) is 0 Å². The van der Waals surface area contributed by atoms with Crippen LogP contribution >= 0.6 is 11.6 Å². The molecule has 0 heterocycles. The summed E-state index contributed by atoms with van der Waals surface area (Å²) in [6, 6.07) is 3.13. The fourth-order valence-corrected chi connectivity index (χ4v) is 3.09. The Labute approximate surface area is 128 Å². The fraction of sp³-hybridized carbons (Fsp3) is 0.385. The molecule has 1 rings (SSSR count). The molecular weight excluding hydrogens is 318 g/mol. The highest BCUT2D eigenvalue weighted by Crippen LogP contribution is 2.23. The van der Waals surface area contributed by atoms with E-state index < -0.39 is 27.0 Å². The molecule has 1 atom stereocenters. The maximum absolute atomic E-state index is 12.3. The highest BCUT2D eigenvalue weighted by atomic mass is 35.5. The molecule has 0 fully saturated rings. The number of halogens is 1. The summed E-state index contributed by atoms with van der Waals surface area (Å²) in [5.41, 5.74) is -0.325. The second kappa shape index (κ2) is 6.44. The van der Waals surface area contributed by atoms with Gasteiger partial charge in [0.2, 0.25) is 5.91 Å². The molecule has 1 aromatic carbocycles. The molecule has 8 heteroatoms. The van der Waals surface area contributed by atoms with Crippen LogP contribution in [0.5, 0.6) is 0 Å². The summed E-state index contributed by atoms with van der Waals surface area (Å²) >= 11 is 5.70. The Balaban J connectivity index is 3.22. The average molecular weight is 334 g/mol. The minimum atomic E-state index is -3.99. The third-order valence-corrected chi connectivity index (χ3v) is 5.15. The van der Waals surface area contributed by atoms with Crippen molar-refractivity contribution in [3.05, 3.63) is 28.8 Å². The highest BCUT2D eigenvalue weighted by molar-refractivity contribution is 7.92. The number of hydrogen-bond donors (Lipinski definition) is 2. The zero-order valence-corrected chi connectivity index (χ0v) is 13.3. The fourth-order valence-electron chi connectivity index (χ4n) is 1.59. The van der Waals surface area contributed by atoms with E-state index in [9.17, 15) is 18.0 Å². The van der Waals surface area contributed by atoms with Gasteiger partial charge in [-0.2, -0.15) is 0 Å². The number of carboxylic acids is 1. The molecule has 0 aliphatic heterocycles. The molecule has 1 aromatic rings. The van der Waals surface area contributed by atoms with E-state index in [-0.39, 0.29) is 21.5 Å². The lowest BCUT2D eigenvalue weighted by Crippen LogP contribution is -2.41. The van der Waals surface area contributed by atoms with Gasteiger partial charge in [0, 0.05) is 6.04 Å². The number of aromatic carboxylic acids is 1. The van der Waals surface area contributed by atoms with Gasteiger partial charge >= 0.3 is 5.97 Å². The van der Waals surface area contributed by atoms with Crippen LogP contribution in [0.1, 0.15) is 31.1 Å². The monoisotopic (exact) mass is 333 g/mol. The minimum Gasteiger partial charge on any atom is -0.478 e. The van der Waals surface area contributed by atoms with Crippen molar-refractivity contribution in [3.8, 4) is 0 Å². The molecule has 0 aliphatic carbocycles. The van der Waals surface area contributed by atoms with Crippen LogP contribution in [0.4, 0.5) is 0 Å². The number of nitrogens with one attached hydrogen (secondary N) is 1. The molecule has 0 aliphatic rings. The van der Waals surface area contributed by atoms with E-state index in [0.717, 1.165) is 6.07 Å². The lowest BCUT2D eigenvalue weighted by Gasteiger charge is -2.15. The molecule has 0 spiro atoms. The van der Waals surface area contributed by atoms with Gasteiger partial charge in [0.05, 0.1) is 15.5 Å². The smallest absolute Gasteiger partial charge is 0.337 e. The molecule has 116 valence electrons. The topological polar surface area (TPSA) is 101 Å². The van der Waals surface area contributed by atoms with Crippen molar-refractivity contribution in [2.45, 2.75) is 37.0 Å². The predicted octanol–water partition coefficient (Wildman–Crippen LogP) is 1.72.